The van der Waals surface area contributed by atoms with Crippen LogP contribution in [0.25, 0.3) is 0 Å². The maximum absolute atomic E-state index is 11.2. The first-order valence-electron chi connectivity index (χ1n) is 5.76. The van der Waals surface area contributed by atoms with Crippen LogP contribution in [0.1, 0.15) is 42.1 Å². The smallest absolute Gasteiger partial charge is 0.336 e. The molecule has 1 aromatic carbocycles. The van der Waals surface area contributed by atoms with Crippen LogP contribution in [0.5, 0.6) is 11.5 Å². The summed E-state index contributed by atoms with van der Waals surface area (Å²) in [6.45, 7) is 5.10. The lowest BCUT2D eigenvalue weighted by Gasteiger charge is -2.14. The van der Waals surface area contributed by atoms with E-state index in [1.54, 1.807) is 12.1 Å². The van der Waals surface area contributed by atoms with Crippen LogP contribution < -0.4 is 9.47 Å². The summed E-state index contributed by atoms with van der Waals surface area (Å²) in [5.41, 5.74) is 1.08. The summed E-state index contributed by atoms with van der Waals surface area (Å²) in [6.07, 6.45) is 0.814. The standard InChI is InChI=1S/C13H16O4/c1-8(2)9-6-11-12(7-10(9)13(14)15)17-5-3-4-16-11/h6-8H,3-5H2,1-2H3,(H,14,15). The zero-order valence-electron chi connectivity index (χ0n) is 10.0. The molecule has 0 aliphatic carbocycles. The van der Waals surface area contributed by atoms with Crippen molar-refractivity contribution < 1.29 is 19.4 Å². The highest BCUT2D eigenvalue weighted by Crippen LogP contribution is 2.35. The number of rotatable bonds is 2. The second-order valence-corrected chi connectivity index (χ2v) is 4.40. The molecule has 0 bridgehead atoms. The van der Waals surface area contributed by atoms with Crippen molar-refractivity contribution in [2.45, 2.75) is 26.2 Å². The second-order valence-electron chi connectivity index (χ2n) is 4.40. The summed E-state index contributed by atoms with van der Waals surface area (Å²) in [5.74, 6) is 0.392. The molecule has 17 heavy (non-hydrogen) atoms. The van der Waals surface area contributed by atoms with Gasteiger partial charge in [0.15, 0.2) is 11.5 Å². The highest BCUT2D eigenvalue weighted by Gasteiger charge is 2.19. The lowest BCUT2D eigenvalue weighted by molar-refractivity contribution is 0.0694. The molecule has 0 saturated carbocycles. The second kappa shape index (κ2) is 4.65. The van der Waals surface area contributed by atoms with Gasteiger partial charge in [0.25, 0.3) is 0 Å². The van der Waals surface area contributed by atoms with Crippen LogP contribution in [-0.4, -0.2) is 24.3 Å². The van der Waals surface area contributed by atoms with Crippen LogP contribution in [0.4, 0.5) is 0 Å². The Labute approximate surface area is 100 Å². The number of carboxylic acid groups (broad SMARTS) is 1. The first kappa shape index (κ1) is 11.8. The molecule has 0 unspecified atom stereocenters. The van der Waals surface area contributed by atoms with Crippen LogP contribution in [0, 0.1) is 0 Å². The van der Waals surface area contributed by atoms with E-state index in [1.807, 2.05) is 13.8 Å². The quantitative estimate of drug-likeness (QED) is 0.857. The monoisotopic (exact) mass is 236 g/mol. The van der Waals surface area contributed by atoms with Crippen molar-refractivity contribution in [1.29, 1.82) is 0 Å². The molecule has 1 aliphatic rings. The Morgan fingerprint density at radius 3 is 2.35 bits per heavy atom. The fourth-order valence-electron chi connectivity index (χ4n) is 1.89. The van der Waals surface area contributed by atoms with Crippen molar-refractivity contribution in [3.05, 3.63) is 23.3 Å². The van der Waals surface area contributed by atoms with Gasteiger partial charge in [-0.15, -0.1) is 0 Å². The molecule has 1 aromatic rings. The van der Waals surface area contributed by atoms with Crippen molar-refractivity contribution in [2.24, 2.45) is 0 Å². The number of ether oxygens (including phenoxy) is 2. The number of fused-ring (bicyclic) bond motifs is 1. The Morgan fingerprint density at radius 2 is 1.82 bits per heavy atom. The number of carboxylic acids is 1. The third-order valence-corrected chi connectivity index (χ3v) is 2.77. The summed E-state index contributed by atoms with van der Waals surface area (Å²) in [6, 6.07) is 3.35. The van der Waals surface area contributed by atoms with Gasteiger partial charge < -0.3 is 14.6 Å². The highest BCUT2D eigenvalue weighted by atomic mass is 16.5. The van der Waals surface area contributed by atoms with Gasteiger partial charge in [-0.05, 0) is 23.6 Å². The fraction of sp³-hybridized carbons (Fsp3) is 0.462. The summed E-state index contributed by atoms with van der Waals surface area (Å²) >= 11 is 0. The average Bonchev–Trinajstić information content (AvgIpc) is 2.51. The number of hydrogen-bond donors (Lipinski definition) is 1. The summed E-state index contributed by atoms with van der Waals surface area (Å²) in [7, 11) is 0. The number of aromatic carboxylic acids is 1. The molecule has 0 spiro atoms. The molecular formula is C13H16O4. The number of carbonyl (C=O) groups is 1. The van der Waals surface area contributed by atoms with Crippen molar-refractivity contribution in [3.8, 4) is 11.5 Å². The molecule has 2 rings (SSSR count). The Hall–Kier alpha value is -1.71. The molecule has 4 heteroatoms. The third kappa shape index (κ3) is 2.35. The molecule has 0 atom stereocenters. The third-order valence-electron chi connectivity index (χ3n) is 2.77. The van der Waals surface area contributed by atoms with Gasteiger partial charge in [-0.3, -0.25) is 0 Å². The van der Waals surface area contributed by atoms with E-state index in [-0.39, 0.29) is 5.92 Å². The summed E-state index contributed by atoms with van der Waals surface area (Å²) in [4.78, 5) is 11.2. The maximum atomic E-state index is 11.2. The minimum Gasteiger partial charge on any atom is -0.490 e. The van der Waals surface area contributed by atoms with Gasteiger partial charge in [-0.25, -0.2) is 4.79 Å². The van der Waals surface area contributed by atoms with E-state index < -0.39 is 5.97 Å². The molecule has 92 valence electrons. The normalized spacial score (nSPS) is 14.5. The van der Waals surface area contributed by atoms with E-state index in [2.05, 4.69) is 0 Å². The molecular weight excluding hydrogens is 220 g/mol. The van der Waals surface area contributed by atoms with Crippen LogP contribution in [-0.2, 0) is 0 Å². The maximum Gasteiger partial charge on any atom is 0.336 e. The predicted octanol–water partition coefficient (Wildman–Crippen LogP) is 2.67. The van der Waals surface area contributed by atoms with E-state index in [9.17, 15) is 9.90 Å². The van der Waals surface area contributed by atoms with Crippen LogP contribution in [0.2, 0.25) is 0 Å². The van der Waals surface area contributed by atoms with Crippen molar-refractivity contribution >= 4 is 5.97 Å². The zero-order valence-corrected chi connectivity index (χ0v) is 10.0. The van der Waals surface area contributed by atoms with Gasteiger partial charge in [-0.2, -0.15) is 0 Å². The van der Waals surface area contributed by atoms with E-state index in [4.69, 9.17) is 9.47 Å². The molecule has 0 radical (unpaired) electrons. The first-order valence-corrected chi connectivity index (χ1v) is 5.76. The predicted molar refractivity (Wildman–Crippen MR) is 63.1 cm³/mol. The van der Waals surface area contributed by atoms with E-state index in [1.165, 1.54) is 0 Å². The van der Waals surface area contributed by atoms with Crippen molar-refractivity contribution in [3.63, 3.8) is 0 Å². The molecule has 1 heterocycles. The van der Waals surface area contributed by atoms with Gasteiger partial charge in [0, 0.05) is 6.42 Å². The lowest BCUT2D eigenvalue weighted by atomic mass is 9.96. The van der Waals surface area contributed by atoms with Gasteiger partial charge in [0.1, 0.15) is 0 Å². The van der Waals surface area contributed by atoms with Crippen LogP contribution >= 0.6 is 0 Å². The van der Waals surface area contributed by atoms with E-state index >= 15 is 0 Å². The van der Waals surface area contributed by atoms with Crippen LogP contribution in [0.15, 0.2) is 12.1 Å². The van der Waals surface area contributed by atoms with Gasteiger partial charge in [0.05, 0.1) is 18.8 Å². The minimum absolute atomic E-state index is 0.137. The number of hydrogen-bond acceptors (Lipinski definition) is 3. The Bertz CT molecular complexity index is 437. The minimum atomic E-state index is -0.927. The molecule has 1 N–H and O–H groups in total. The van der Waals surface area contributed by atoms with Gasteiger partial charge >= 0.3 is 5.97 Å². The number of benzene rings is 1. The SMILES string of the molecule is CC(C)c1cc2c(cc1C(=O)O)OCCCO2. The molecule has 1 aliphatic heterocycles. The van der Waals surface area contributed by atoms with Crippen molar-refractivity contribution in [1.82, 2.24) is 0 Å². The van der Waals surface area contributed by atoms with E-state index in [0.717, 1.165) is 12.0 Å². The molecule has 0 aromatic heterocycles. The molecule has 4 nitrogen and oxygen atoms in total. The lowest BCUT2D eigenvalue weighted by Crippen LogP contribution is -2.05. The Morgan fingerprint density at radius 1 is 1.24 bits per heavy atom. The average molecular weight is 236 g/mol. The van der Waals surface area contributed by atoms with E-state index in [0.29, 0.717) is 30.3 Å². The Kier molecular flexibility index (Phi) is 3.22. The van der Waals surface area contributed by atoms with Gasteiger partial charge in [0.2, 0.25) is 0 Å². The molecule has 0 amide bonds. The van der Waals surface area contributed by atoms with Crippen molar-refractivity contribution in [2.75, 3.05) is 13.2 Å². The first-order chi connectivity index (χ1) is 8.09. The molecule has 0 fully saturated rings. The summed E-state index contributed by atoms with van der Waals surface area (Å²) < 4.78 is 11.0. The Balaban J connectivity index is 2.52. The summed E-state index contributed by atoms with van der Waals surface area (Å²) in [5, 5.41) is 9.19. The van der Waals surface area contributed by atoms with Gasteiger partial charge in [-0.1, -0.05) is 13.8 Å². The fourth-order valence-corrected chi connectivity index (χ4v) is 1.89. The van der Waals surface area contributed by atoms with Crippen LogP contribution in [0.3, 0.4) is 0 Å². The zero-order chi connectivity index (χ0) is 12.4. The highest BCUT2D eigenvalue weighted by molar-refractivity contribution is 5.90. The largest absolute Gasteiger partial charge is 0.490 e. The molecule has 0 saturated heterocycles. The topological polar surface area (TPSA) is 55.8 Å².